The third kappa shape index (κ3) is 0.959. The maximum atomic E-state index is 10.3. The largest absolute Gasteiger partial charge is 0.387 e. The van der Waals surface area contributed by atoms with Crippen molar-refractivity contribution in [2.75, 3.05) is 6.54 Å². The smallest absolute Gasteiger partial charge is 0.342 e. The van der Waals surface area contributed by atoms with E-state index in [1.807, 2.05) is 0 Å². The van der Waals surface area contributed by atoms with Crippen molar-refractivity contribution in [3.8, 4) is 0 Å². The first kappa shape index (κ1) is 5.08. The molecule has 3 N–H and O–H groups in total. The van der Waals surface area contributed by atoms with Crippen LogP contribution in [0.2, 0.25) is 0 Å². The highest BCUT2D eigenvalue weighted by Gasteiger charge is 2.04. The summed E-state index contributed by atoms with van der Waals surface area (Å²) >= 11 is 0. The zero-order valence-corrected chi connectivity index (χ0v) is 4.35. The number of carbonyl (C=O) groups excluding carboxylic acids is 1. The maximum Gasteiger partial charge on any atom is 0.342 e. The molecule has 8 heavy (non-hydrogen) atoms. The summed E-state index contributed by atoms with van der Waals surface area (Å²) in [4.78, 5) is 13.7. The van der Waals surface area contributed by atoms with Gasteiger partial charge < -0.3 is 11.1 Å². The highest BCUT2D eigenvalue weighted by molar-refractivity contribution is 5.94. The molecule has 0 saturated carbocycles. The lowest BCUT2D eigenvalue weighted by molar-refractivity contribution is 0.248. The lowest BCUT2D eigenvalue weighted by atomic mass is 10.4. The van der Waals surface area contributed by atoms with E-state index < -0.39 is 0 Å². The van der Waals surface area contributed by atoms with E-state index in [2.05, 4.69) is 10.3 Å². The molecular formula is C4H7N3O. The molecule has 1 rings (SSSR count). The molecule has 0 aliphatic carbocycles. The number of aliphatic imine (C=N–C) groups is 1. The van der Waals surface area contributed by atoms with E-state index in [0.29, 0.717) is 18.8 Å². The van der Waals surface area contributed by atoms with Crippen LogP contribution < -0.4 is 11.1 Å². The van der Waals surface area contributed by atoms with E-state index in [-0.39, 0.29) is 6.03 Å². The molecule has 0 unspecified atom stereocenters. The van der Waals surface area contributed by atoms with Gasteiger partial charge in [0.25, 0.3) is 0 Å². The number of carbonyl (C=O) groups is 1. The Morgan fingerprint density at radius 1 is 1.75 bits per heavy atom. The van der Waals surface area contributed by atoms with Gasteiger partial charge in [-0.25, -0.2) is 4.79 Å². The number of hydrogen-bond donors (Lipinski definition) is 2. The van der Waals surface area contributed by atoms with E-state index in [1.165, 1.54) is 0 Å². The fraction of sp³-hybridized carbons (Fsp3) is 0.500. The van der Waals surface area contributed by atoms with Crippen LogP contribution in [0.5, 0.6) is 0 Å². The third-order valence-corrected chi connectivity index (χ3v) is 0.903. The van der Waals surface area contributed by atoms with E-state index >= 15 is 0 Å². The Morgan fingerprint density at radius 3 is 2.88 bits per heavy atom. The van der Waals surface area contributed by atoms with Crippen LogP contribution >= 0.6 is 0 Å². The standard InChI is InChI=1S/C4H7N3O/c5-3-1-2-6-4(8)7-3/h1-2H2,(H3,5,6,7,8). The molecule has 1 aliphatic heterocycles. The molecule has 0 aromatic carbocycles. The van der Waals surface area contributed by atoms with Gasteiger partial charge in [0, 0.05) is 13.0 Å². The molecule has 0 radical (unpaired) electrons. The van der Waals surface area contributed by atoms with E-state index in [4.69, 9.17) is 5.73 Å². The third-order valence-electron chi connectivity index (χ3n) is 0.903. The van der Waals surface area contributed by atoms with Crippen molar-refractivity contribution in [1.29, 1.82) is 0 Å². The number of nitrogens with zero attached hydrogens (tertiary/aromatic N) is 1. The molecule has 0 saturated heterocycles. The number of amidine groups is 1. The van der Waals surface area contributed by atoms with Gasteiger partial charge in [-0.2, -0.15) is 4.99 Å². The van der Waals surface area contributed by atoms with Gasteiger partial charge in [-0.15, -0.1) is 0 Å². The summed E-state index contributed by atoms with van der Waals surface area (Å²) in [5.74, 6) is 0.425. The normalized spacial score (nSPS) is 19.5. The highest BCUT2D eigenvalue weighted by atomic mass is 16.2. The molecule has 1 heterocycles. The van der Waals surface area contributed by atoms with Crippen LogP contribution in [-0.2, 0) is 0 Å². The quantitative estimate of drug-likeness (QED) is 0.443. The van der Waals surface area contributed by atoms with Crippen molar-refractivity contribution in [2.24, 2.45) is 10.7 Å². The van der Waals surface area contributed by atoms with Gasteiger partial charge in [-0.05, 0) is 0 Å². The van der Waals surface area contributed by atoms with Crippen molar-refractivity contribution < 1.29 is 4.79 Å². The average Bonchev–Trinajstić information content (AvgIpc) is 1.64. The Balaban J connectivity index is 2.64. The topological polar surface area (TPSA) is 67.5 Å². The van der Waals surface area contributed by atoms with Crippen molar-refractivity contribution in [1.82, 2.24) is 5.32 Å². The van der Waals surface area contributed by atoms with Crippen LogP contribution in [0, 0.1) is 0 Å². The van der Waals surface area contributed by atoms with Gasteiger partial charge >= 0.3 is 6.03 Å². The average molecular weight is 113 g/mol. The van der Waals surface area contributed by atoms with Gasteiger partial charge in [0.2, 0.25) is 0 Å². The summed E-state index contributed by atoms with van der Waals surface area (Å²) in [5, 5.41) is 2.51. The Kier molecular flexibility index (Phi) is 1.15. The Hall–Kier alpha value is -1.06. The summed E-state index contributed by atoms with van der Waals surface area (Å²) in [6.45, 7) is 0.619. The number of rotatable bonds is 0. The van der Waals surface area contributed by atoms with E-state index in [9.17, 15) is 4.79 Å². The van der Waals surface area contributed by atoms with Crippen LogP contribution in [0.25, 0.3) is 0 Å². The van der Waals surface area contributed by atoms with Gasteiger partial charge in [0.05, 0.1) is 0 Å². The van der Waals surface area contributed by atoms with Crippen molar-refractivity contribution in [3.63, 3.8) is 0 Å². The zero-order valence-electron chi connectivity index (χ0n) is 4.35. The first-order valence-electron chi connectivity index (χ1n) is 2.40. The van der Waals surface area contributed by atoms with E-state index in [1.54, 1.807) is 0 Å². The monoisotopic (exact) mass is 113 g/mol. The molecular weight excluding hydrogens is 106 g/mol. The summed E-state index contributed by atoms with van der Waals surface area (Å²) in [6, 6.07) is -0.325. The second kappa shape index (κ2) is 1.81. The number of hydrogen-bond acceptors (Lipinski definition) is 2. The van der Waals surface area contributed by atoms with Gasteiger partial charge in [-0.3, -0.25) is 0 Å². The molecule has 44 valence electrons. The molecule has 4 heteroatoms. The minimum Gasteiger partial charge on any atom is -0.387 e. The molecule has 0 bridgehead atoms. The zero-order chi connectivity index (χ0) is 5.98. The molecule has 0 aromatic heterocycles. The Morgan fingerprint density at radius 2 is 2.50 bits per heavy atom. The molecule has 0 aromatic rings. The lowest BCUT2D eigenvalue weighted by Gasteiger charge is -2.06. The lowest BCUT2D eigenvalue weighted by Crippen LogP contribution is -2.32. The van der Waals surface area contributed by atoms with Gasteiger partial charge in [0.15, 0.2) is 0 Å². The molecule has 0 atom stereocenters. The summed E-state index contributed by atoms with van der Waals surface area (Å²) in [6.07, 6.45) is 0.672. The van der Waals surface area contributed by atoms with Crippen LogP contribution in [-0.4, -0.2) is 18.4 Å². The van der Waals surface area contributed by atoms with Gasteiger partial charge in [0.1, 0.15) is 5.84 Å². The molecule has 4 nitrogen and oxygen atoms in total. The molecule has 1 aliphatic rings. The molecule has 0 fully saturated rings. The van der Waals surface area contributed by atoms with Crippen molar-refractivity contribution in [2.45, 2.75) is 6.42 Å². The fourth-order valence-electron chi connectivity index (χ4n) is 0.523. The molecule has 2 amide bonds. The van der Waals surface area contributed by atoms with Crippen LogP contribution in [0.4, 0.5) is 4.79 Å². The second-order valence-electron chi connectivity index (χ2n) is 1.59. The summed E-state index contributed by atoms with van der Waals surface area (Å²) in [5.41, 5.74) is 5.21. The highest BCUT2D eigenvalue weighted by Crippen LogP contribution is 1.87. The van der Waals surface area contributed by atoms with E-state index in [0.717, 1.165) is 0 Å². The maximum absolute atomic E-state index is 10.3. The molecule has 0 spiro atoms. The summed E-state index contributed by atoms with van der Waals surface area (Å²) < 4.78 is 0. The first-order valence-corrected chi connectivity index (χ1v) is 2.40. The minimum absolute atomic E-state index is 0.325. The first-order chi connectivity index (χ1) is 3.79. The number of amides is 2. The summed E-state index contributed by atoms with van der Waals surface area (Å²) in [7, 11) is 0. The van der Waals surface area contributed by atoms with Crippen LogP contribution in [0.15, 0.2) is 4.99 Å². The predicted octanol–water partition coefficient (Wildman–Crippen LogP) is -0.543. The number of urea groups is 1. The SMILES string of the molecule is NC1=NC(=O)NCC1. The minimum atomic E-state index is -0.325. The van der Waals surface area contributed by atoms with Crippen molar-refractivity contribution >= 4 is 11.9 Å². The van der Waals surface area contributed by atoms with Gasteiger partial charge in [-0.1, -0.05) is 0 Å². The van der Waals surface area contributed by atoms with Crippen molar-refractivity contribution in [3.05, 3.63) is 0 Å². The predicted molar refractivity (Wildman–Crippen MR) is 29.6 cm³/mol. The Labute approximate surface area is 46.8 Å². The van der Waals surface area contributed by atoms with Crippen LogP contribution in [0.3, 0.4) is 0 Å². The second-order valence-corrected chi connectivity index (χ2v) is 1.59. The fourth-order valence-corrected chi connectivity index (χ4v) is 0.523. The number of nitrogens with two attached hydrogens (primary N) is 1. The Bertz CT molecular complexity index is 140. The number of nitrogens with one attached hydrogen (secondary N) is 1. The van der Waals surface area contributed by atoms with Crippen LogP contribution in [0.1, 0.15) is 6.42 Å².